The van der Waals surface area contributed by atoms with Crippen LogP contribution in [0.2, 0.25) is 0 Å². The van der Waals surface area contributed by atoms with Crippen LogP contribution in [0.4, 0.5) is 0 Å². The summed E-state index contributed by atoms with van der Waals surface area (Å²) in [5.41, 5.74) is 1.60. The average Bonchev–Trinajstić information content (AvgIpc) is 3.25. The second-order valence-corrected chi connectivity index (χ2v) is 12.8. The molecule has 0 spiro atoms. The fourth-order valence-corrected chi connectivity index (χ4v) is 5.38. The van der Waals surface area contributed by atoms with Gasteiger partial charge in [0.05, 0.1) is 23.2 Å². The number of Topliss-reactive ketones (excluding diaryl/α,β-unsaturated/α-hetero) is 1. The Morgan fingerprint density at radius 3 is 2.32 bits per heavy atom. The van der Waals surface area contributed by atoms with E-state index in [1.165, 1.54) is 45.3 Å². The zero-order valence-electron chi connectivity index (χ0n) is 18.2. The van der Waals surface area contributed by atoms with E-state index in [2.05, 4.69) is 9.97 Å². The van der Waals surface area contributed by atoms with E-state index in [0.717, 1.165) is 24.8 Å². The molecule has 1 aliphatic rings. The van der Waals surface area contributed by atoms with Gasteiger partial charge in [-0.1, -0.05) is 37.8 Å². The topological polar surface area (TPSA) is 103 Å². The molecule has 9 heteroatoms. The molecule has 1 aliphatic carbocycles. The fraction of sp³-hybridized carbons (Fsp3) is 0.500. The van der Waals surface area contributed by atoms with Gasteiger partial charge in [0, 0.05) is 32.1 Å². The number of hydrogen-bond acceptors (Lipinski definition) is 7. The van der Waals surface area contributed by atoms with Crippen molar-refractivity contribution in [3.63, 3.8) is 0 Å². The molecule has 1 fully saturated rings. The van der Waals surface area contributed by atoms with E-state index in [-0.39, 0.29) is 28.5 Å². The number of nitrogens with zero attached hydrogens (tertiary/aromatic N) is 2. The van der Waals surface area contributed by atoms with Gasteiger partial charge in [0.1, 0.15) is 11.2 Å². The summed E-state index contributed by atoms with van der Waals surface area (Å²) in [4.78, 5) is 21.9. The predicted molar refractivity (Wildman–Crippen MR) is 120 cm³/mol. The molecule has 3 rings (SSSR count). The lowest BCUT2D eigenvalue weighted by Crippen LogP contribution is -2.20. The second kappa shape index (κ2) is 9.72. The normalized spacial score (nSPS) is 17.9. The van der Waals surface area contributed by atoms with E-state index in [0.29, 0.717) is 11.6 Å². The summed E-state index contributed by atoms with van der Waals surface area (Å²) >= 11 is 0. The second-order valence-electron chi connectivity index (χ2n) is 8.32. The summed E-state index contributed by atoms with van der Waals surface area (Å²) in [6, 6.07) is 6.62. The lowest BCUT2D eigenvalue weighted by Gasteiger charge is -2.20. The van der Waals surface area contributed by atoms with E-state index >= 15 is 0 Å². The third-order valence-electron chi connectivity index (χ3n) is 5.95. The number of rotatable bonds is 9. The molecule has 1 heterocycles. The highest BCUT2D eigenvalue weighted by Crippen LogP contribution is 2.39. The van der Waals surface area contributed by atoms with Gasteiger partial charge < -0.3 is 4.52 Å². The Hall–Kier alpha value is -1.89. The first-order valence-corrected chi connectivity index (χ1v) is 14.3. The van der Waals surface area contributed by atoms with Crippen LogP contribution in [0.1, 0.15) is 49.3 Å². The number of ketones is 1. The average molecular weight is 465 g/mol. The first-order valence-electron chi connectivity index (χ1n) is 10.4. The van der Waals surface area contributed by atoms with E-state index < -0.39 is 17.2 Å². The number of sulfone groups is 1. The third kappa shape index (κ3) is 6.09. The van der Waals surface area contributed by atoms with Crippen molar-refractivity contribution in [3.8, 4) is 0 Å². The Labute approximate surface area is 184 Å². The zero-order valence-corrected chi connectivity index (χ0v) is 19.9. The van der Waals surface area contributed by atoms with Crippen LogP contribution in [0.25, 0.3) is 0 Å². The summed E-state index contributed by atoms with van der Waals surface area (Å²) in [7, 11) is -4.92. The van der Waals surface area contributed by atoms with E-state index in [1.807, 2.05) is 0 Å². The molecule has 2 atom stereocenters. The van der Waals surface area contributed by atoms with Crippen molar-refractivity contribution < 1.29 is 22.3 Å². The maximum absolute atomic E-state index is 13.3. The smallest absolute Gasteiger partial charge is 0.248 e. The van der Waals surface area contributed by atoms with Crippen LogP contribution >= 0.6 is 7.37 Å². The number of aromatic nitrogens is 2. The maximum atomic E-state index is 13.3. The summed E-state index contributed by atoms with van der Waals surface area (Å²) in [6.45, 7) is 1.47. The van der Waals surface area contributed by atoms with Crippen molar-refractivity contribution in [1.82, 2.24) is 9.97 Å². The molecule has 0 amide bonds. The molecule has 0 bridgehead atoms. The first-order chi connectivity index (χ1) is 14.6. The summed E-state index contributed by atoms with van der Waals surface area (Å²) < 4.78 is 40.8. The quantitative estimate of drug-likeness (QED) is 0.523. The van der Waals surface area contributed by atoms with Gasteiger partial charge in [0.15, 0.2) is 9.84 Å². The molecule has 31 heavy (non-hydrogen) atoms. The highest BCUT2D eigenvalue weighted by molar-refractivity contribution is 7.90. The predicted octanol–water partition coefficient (Wildman–Crippen LogP) is 3.54. The Balaban J connectivity index is 1.81. The van der Waals surface area contributed by atoms with Gasteiger partial charge in [-0.3, -0.25) is 14.3 Å². The minimum Gasteiger partial charge on any atom is -0.328 e. The highest BCUT2D eigenvalue weighted by Gasteiger charge is 2.27. The molecule has 0 saturated heterocycles. The molecule has 0 N–H and O–H groups in total. The Kier molecular flexibility index (Phi) is 7.45. The van der Waals surface area contributed by atoms with E-state index in [9.17, 15) is 17.8 Å². The Morgan fingerprint density at radius 2 is 1.81 bits per heavy atom. The molecule has 1 saturated carbocycles. The van der Waals surface area contributed by atoms with Crippen LogP contribution in [0, 0.1) is 5.92 Å². The lowest BCUT2D eigenvalue weighted by molar-refractivity contribution is -0.120. The lowest BCUT2D eigenvalue weighted by atomic mass is 9.83. The Bertz CT molecular complexity index is 1060. The van der Waals surface area contributed by atoms with Crippen molar-refractivity contribution in [2.24, 2.45) is 5.92 Å². The molecule has 1 unspecified atom stereocenters. The molecule has 0 aliphatic heterocycles. The zero-order chi connectivity index (χ0) is 22.6. The van der Waals surface area contributed by atoms with Crippen LogP contribution in [-0.2, 0) is 30.1 Å². The highest BCUT2D eigenvalue weighted by atomic mass is 32.2. The van der Waals surface area contributed by atoms with E-state index in [4.69, 9.17) is 4.52 Å². The first kappa shape index (κ1) is 23.8. The molecular formula is C22H29N2O5PS. The fourth-order valence-electron chi connectivity index (χ4n) is 4.02. The molecule has 0 radical (unpaired) electrons. The van der Waals surface area contributed by atoms with Crippen molar-refractivity contribution in [1.29, 1.82) is 0 Å². The maximum Gasteiger partial charge on any atom is 0.248 e. The monoisotopic (exact) mass is 464 g/mol. The molecule has 1 aromatic heterocycles. The standard InChI is InChI=1S/C22H29N2O5PS/c1-29-30(2,26)22-15-23-18(14-24-22)13-21(25)20(12-16-6-4-5-7-16)17-8-10-19(11-9-17)31(3,27)28/h8-11,14-16,20H,4-7,12-13H2,1-3H3/t20-,30?/m1/s1. The van der Waals surface area contributed by atoms with Gasteiger partial charge in [-0.25, -0.2) is 13.4 Å². The van der Waals surface area contributed by atoms with E-state index in [1.54, 1.807) is 24.3 Å². The van der Waals surface area contributed by atoms with Gasteiger partial charge in [0.2, 0.25) is 7.37 Å². The Morgan fingerprint density at radius 1 is 1.16 bits per heavy atom. The minimum atomic E-state index is -3.29. The van der Waals surface area contributed by atoms with Crippen molar-refractivity contribution in [2.45, 2.75) is 49.3 Å². The SMILES string of the molecule is COP(C)(=O)c1cnc(CC(=O)[C@H](CC2CCCC2)c2ccc(S(C)(=O)=O)cc2)cn1. The van der Waals surface area contributed by atoms with Crippen molar-refractivity contribution >= 4 is 28.4 Å². The van der Waals surface area contributed by atoms with Gasteiger partial charge in [-0.15, -0.1) is 0 Å². The van der Waals surface area contributed by atoms with Crippen LogP contribution in [-0.4, -0.2) is 44.2 Å². The number of carbonyl (C=O) groups is 1. The number of hydrogen-bond donors (Lipinski definition) is 0. The third-order valence-corrected chi connectivity index (χ3v) is 8.84. The number of carbonyl (C=O) groups excluding carboxylic acids is 1. The molecule has 7 nitrogen and oxygen atoms in total. The molecular weight excluding hydrogens is 435 g/mol. The van der Waals surface area contributed by atoms with Crippen LogP contribution in [0.3, 0.4) is 0 Å². The minimum absolute atomic E-state index is 0.0208. The van der Waals surface area contributed by atoms with Crippen LogP contribution in [0.5, 0.6) is 0 Å². The molecule has 168 valence electrons. The number of benzene rings is 1. The van der Waals surface area contributed by atoms with Gasteiger partial charge in [-0.2, -0.15) is 0 Å². The van der Waals surface area contributed by atoms with Crippen LogP contribution < -0.4 is 5.44 Å². The largest absolute Gasteiger partial charge is 0.328 e. The van der Waals surface area contributed by atoms with Crippen molar-refractivity contribution in [3.05, 3.63) is 47.9 Å². The summed E-state index contributed by atoms with van der Waals surface area (Å²) in [6.07, 6.45) is 9.50. The van der Waals surface area contributed by atoms with Gasteiger partial charge in [0.25, 0.3) is 0 Å². The summed E-state index contributed by atoms with van der Waals surface area (Å²) in [5, 5.41) is 0. The molecule has 1 aromatic carbocycles. The van der Waals surface area contributed by atoms with Crippen LogP contribution in [0.15, 0.2) is 41.6 Å². The van der Waals surface area contributed by atoms with Gasteiger partial charge >= 0.3 is 0 Å². The van der Waals surface area contributed by atoms with Gasteiger partial charge in [-0.05, 0) is 30.0 Å². The van der Waals surface area contributed by atoms with Crippen molar-refractivity contribution in [2.75, 3.05) is 20.0 Å². The summed E-state index contributed by atoms with van der Waals surface area (Å²) in [5.74, 6) is 0.187. The molecule has 2 aromatic rings.